The molecular formula is C38H34N4O. The number of rotatable bonds is 3. The van der Waals surface area contributed by atoms with Crippen LogP contribution in [0.2, 0.25) is 0 Å². The van der Waals surface area contributed by atoms with Crippen molar-refractivity contribution in [1.29, 1.82) is 0 Å². The fourth-order valence-electron chi connectivity index (χ4n) is 7.74. The van der Waals surface area contributed by atoms with Gasteiger partial charge in [-0.05, 0) is 73.3 Å². The SMILES string of the molecule is CC1c2oc3cc4c5c(n(/C(N)=N/C(=N\Cc6ccccc6)c6ccccc6)c4cc3c2C=C2CCC21)C=C1CCC1C5. The maximum atomic E-state index is 7.03. The van der Waals surface area contributed by atoms with Gasteiger partial charge in [-0.1, -0.05) is 84.8 Å². The summed E-state index contributed by atoms with van der Waals surface area (Å²) in [7, 11) is 0. The highest BCUT2D eigenvalue weighted by molar-refractivity contribution is 6.11. The standard InChI is InChI=1S/C38H34N4O/c1-22-28-15-14-27(28)17-32-31-19-34-30(20-35(31)43-36(22)32)29-16-25-12-13-26(25)18-33(29)42(34)38(39)41-37(24-10-6-3-7-11-24)40-21-23-8-4-2-5-9-23/h2-11,17-20,22,25,28H,12-16,21H2,1H3,(H2,39,40,41). The van der Waals surface area contributed by atoms with E-state index in [9.17, 15) is 0 Å². The minimum Gasteiger partial charge on any atom is -0.460 e. The molecule has 0 saturated heterocycles. The van der Waals surface area contributed by atoms with Crippen molar-refractivity contribution in [3.05, 3.63) is 118 Å². The molecule has 43 heavy (non-hydrogen) atoms. The zero-order chi connectivity index (χ0) is 28.7. The minimum absolute atomic E-state index is 0.424. The van der Waals surface area contributed by atoms with E-state index < -0.39 is 0 Å². The Morgan fingerprint density at radius 1 is 0.930 bits per heavy atom. The van der Waals surface area contributed by atoms with Gasteiger partial charge in [0.1, 0.15) is 11.3 Å². The topological polar surface area (TPSA) is 68.8 Å². The maximum absolute atomic E-state index is 7.03. The number of aliphatic imine (C=N–C) groups is 2. The molecule has 212 valence electrons. The fraction of sp³-hybridized carbons (Fsp3) is 0.263. The van der Waals surface area contributed by atoms with Crippen molar-refractivity contribution in [3.63, 3.8) is 0 Å². The second kappa shape index (κ2) is 9.43. The van der Waals surface area contributed by atoms with Gasteiger partial charge in [0, 0.05) is 27.8 Å². The van der Waals surface area contributed by atoms with E-state index in [1.165, 1.54) is 53.2 Å². The largest absolute Gasteiger partial charge is 0.460 e. The summed E-state index contributed by atoms with van der Waals surface area (Å²) in [6.45, 7) is 2.86. The second-order valence-electron chi connectivity index (χ2n) is 12.7. The van der Waals surface area contributed by atoms with Crippen LogP contribution in [0.15, 0.2) is 98.3 Å². The molecular weight excluding hydrogens is 528 g/mol. The van der Waals surface area contributed by atoms with Crippen LogP contribution in [0.4, 0.5) is 0 Å². The van der Waals surface area contributed by atoms with E-state index in [-0.39, 0.29) is 0 Å². The predicted molar refractivity (Wildman–Crippen MR) is 175 cm³/mol. The summed E-state index contributed by atoms with van der Waals surface area (Å²) in [5.41, 5.74) is 18.1. The third-order valence-electron chi connectivity index (χ3n) is 10.4. The molecule has 0 amide bonds. The molecule has 3 aromatic carbocycles. The van der Waals surface area contributed by atoms with E-state index in [1.54, 1.807) is 5.57 Å². The molecule has 0 aliphatic heterocycles. The predicted octanol–water partition coefficient (Wildman–Crippen LogP) is 8.46. The van der Waals surface area contributed by atoms with Crippen molar-refractivity contribution in [3.8, 4) is 0 Å². The Bertz CT molecular complexity index is 2050. The van der Waals surface area contributed by atoms with Gasteiger partial charge in [-0.15, -0.1) is 0 Å². The van der Waals surface area contributed by atoms with Crippen LogP contribution in [0.25, 0.3) is 34.0 Å². The summed E-state index contributed by atoms with van der Waals surface area (Å²) in [6.07, 6.45) is 10.7. The molecule has 9 rings (SSSR count). The first kappa shape index (κ1) is 24.9. The molecule has 0 bridgehead atoms. The number of hydrogen-bond acceptors (Lipinski definition) is 2. The number of amidine groups is 1. The first-order valence-corrected chi connectivity index (χ1v) is 15.7. The van der Waals surface area contributed by atoms with Crippen LogP contribution in [0.5, 0.6) is 0 Å². The summed E-state index contributed by atoms with van der Waals surface area (Å²) < 4.78 is 8.81. The van der Waals surface area contributed by atoms with Crippen LogP contribution < -0.4 is 5.73 Å². The van der Waals surface area contributed by atoms with Gasteiger partial charge < -0.3 is 10.2 Å². The van der Waals surface area contributed by atoms with Gasteiger partial charge >= 0.3 is 0 Å². The average Bonchev–Trinajstić information content (AvgIpc) is 3.52. The van der Waals surface area contributed by atoms with Crippen LogP contribution in [0.3, 0.4) is 0 Å². The molecule has 0 spiro atoms. The van der Waals surface area contributed by atoms with E-state index in [2.05, 4.69) is 60.0 Å². The minimum atomic E-state index is 0.424. The third kappa shape index (κ3) is 3.84. The molecule has 4 aliphatic carbocycles. The quantitative estimate of drug-likeness (QED) is 0.177. The number of aromatic nitrogens is 1. The monoisotopic (exact) mass is 562 g/mol. The van der Waals surface area contributed by atoms with Gasteiger partial charge in [-0.25, -0.2) is 0 Å². The van der Waals surface area contributed by atoms with E-state index in [4.69, 9.17) is 20.1 Å². The summed E-state index contributed by atoms with van der Waals surface area (Å²) in [5.74, 6) is 3.92. The normalized spacial score (nSPS) is 22.6. The second-order valence-corrected chi connectivity index (χ2v) is 12.7. The number of benzene rings is 3. The maximum Gasteiger partial charge on any atom is 0.207 e. The van der Waals surface area contributed by atoms with Gasteiger partial charge in [-0.3, -0.25) is 9.56 Å². The summed E-state index contributed by atoms with van der Waals surface area (Å²) in [5, 5.41) is 2.40. The van der Waals surface area contributed by atoms with Crippen molar-refractivity contribution >= 4 is 45.8 Å². The van der Waals surface area contributed by atoms with E-state index in [1.807, 2.05) is 36.4 Å². The molecule has 2 fully saturated rings. The number of nitrogens with zero attached hydrogens (tertiary/aromatic N) is 3. The number of furan rings is 1. The van der Waals surface area contributed by atoms with Crippen LogP contribution in [0.1, 0.15) is 72.2 Å². The summed E-state index contributed by atoms with van der Waals surface area (Å²) in [4.78, 5) is 10.0. The molecule has 2 saturated carbocycles. The van der Waals surface area contributed by atoms with Crippen molar-refractivity contribution in [1.82, 2.24) is 4.57 Å². The highest BCUT2D eigenvalue weighted by Crippen LogP contribution is 2.52. The first-order chi connectivity index (χ1) is 21.1. The van der Waals surface area contributed by atoms with E-state index >= 15 is 0 Å². The molecule has 3 atom stereocenters. The Labute approximate surface area is 251 Å². The molecule has 0 radical (unpaired) electrons. The lowest BCUT2D eigenvalue weighted by molar-refractivity contribution is 0.339. The fourth-order valence-corrected chi connectivity index (χ4v) is 7.74. The van der Waals surface area contributed by atoms with E-state index in [0.717, 1.165) is 40.1 Å². The Morgan fingerprint density at radius 2 is 1.72 bits per heavy atom. The summed E-state index contributed by atoms with van der Waals surface area (Å²) >= 11 is 0. The Morgan fingerprint density at radius 3 is 2.47 bits per heavy atom. The van der Waals surface area contributed by atoms with Gasteiger partial charge in [0.25, 0.3) is 0 Å². The zero-order valence-corrected chi connectivity index (χ0v) is 24.4. The highest BCUT2D eigenvalue weighted by Gasteiger charge is 2.38. The van der Waals surface area contributed by atoms with Crippen LogP contribution in [-0.4, -0.2) is 16.4 Å². The van der Waals surface area contributed by atoms with E-state index in [0.29, 0.717) is 36.1 Å². The molecule has 5 heteroatoms. The lowest BCUT2D eigenvalue weighted by atomic mass is 9.67. The van der Waals surface area contributed by atoms with Crippen molar-refractivity contribution in [2.24, 2.45) is 27.6 Å². The lowest BCUT2D eigenvalue weighted by Crippen LogP contribution is -2.27. The molecule has 2 N–H and O–H groups in total. The van der Waals surface area contributed by atoms with Crippen molar-refractivity contribution < 1.29 is 4.42 Å². The van der Waals surface area contributed by atoms with Crippen molar-refractivity contribution in [2.45, 2.75) is 51.5 Å². The summed E-state index contributed by atoms with van der Waals surface area (Å²) in [6, 6.07) is 25.0. The van der Waals surface area contributed by atoms with Crippen LogP contribution >= 0.6 is 0 Å². The van der Waals surface area contributed by atoms with Crippen LogP contribution in [-0.2, 0) is 13.0 Å². The van der Waals surface area contributed by atoms with Crippen LogP contribution in [0, 0.1) is 11.8 Å². The van der Waals surface area contributed by atoms with Gasteiger partial charge in [-0.2, -0.15) is 4.99 Å². The van der Waals surface area contributed by atoms with Gasteiger partial charge in [0.2, 0.25) is 5.96 Å². The molecule has 3 unspecified atom stereocenters. The third-order valence-corrected chi connectivity index (χ3v) is 10.4. The average molecular weight is 563 g/mol. The van der Waals surface area contributed by atoms with Gasteiger partial charge in [0.15, 0.2) is 5.84 Å². The molecule has 4 aliphatic rings. The molecule has 2 heterocycles. The first-order valence-electron chi connectivity index (χ1n) is 15.7. The number of hydrogen-bond donors (Lipinski definition) is 1. The smallest absolute Gasteiger partial charge is 0.207 e. The highest BCUT2D eigenvalue weighted by atomic mass is 16.3. The Balaban J connectivity index is 1.24. The van der Waals surface area contributed by atoms with Gasteiger partial charge in [0.05, 0.1) is 17.8 Å². The molecule has 2 aromatic heterocycles. The Kier molecular flexibility index (Phi) is 5.47. The Hall–Kier alpha value is -4.64. The molecule has 5 nitrogen and oxygen atoms in total. The number of nitrogens with two attached hydrogens (primary N) is 1. The van der Waals surface area contributed by atoms with Crippen molar-refractivity contribution in [2.75, 3.05) is 0 Å². The zero-order valence-electron chi connectivity index (χ0n) is 24.4. The number of allylic oxidation sites excluding steroid dienone is 2. The molecule has 5 aromatic rings. The lowest BCUT2D eigenvalue weighted by Gasteiger charge is -2.37. The number of fused-ring (bicyclic) bond motifs is 8.